The Kier molecular flexibility index (Phi) is 7.42. The molecular weight excluding hydrogens is 372 g/mol. The van der Waals surface area contributed by atoms with Crippen LogP contribution in [0.4, 0.5) is 0 Å². The number of aliphatic imine (C=N–C) groups is 1. The van der Waals surface area contributed by atoms with Crippen LogP contribution in [0.1, 0.15) is 22.3 Å². The molecule has 0 aliphatic carbocycles. The lowest BCUT2D eigenvalue weighted by Crippen LogP contribution is -2.46. The van der Waals surface area contributed by atoms with Crippen LogP contribution in [-0.4, -0.2) is 86.6 Å². The highest BCUT2D eigenvalue weighted by Crippen LogP contribution is 2.17. The van der Waals surface area contributed by atoms with Gasteiger partial charge < -0.3 is 26.0 Å². The molecule has 2 heterocycles. The fourth-order valence-corrected chi connectivity index (χ4v) is 3.73. The maximum absolute atomic E-state index is 11.9. The van der Waals surface area contributed by atoms with Crippen LogP contribution in [0.2, 0.25) is 0 Å². The van der Waals surface area contributed by atoms with Gasteiger partial charge in [-0.15, -0.1) is 0 Å². The number of rotatable bonds is 6. The summed E-state index contributed by atoms with van der Waals surface area (Å²) in [6, 6.07) is 7.80. The largest absolute Gasteiger partial charge is 0.379 e. The quantitative estimate of drug-likeness (QED) is 0.432. The molecule has 2 fully saturated rings. The molecule has 1 atom stereocenters. The number of likely N-dealkylation sites (tertiary alicyclic amines) is 1. The number of carbonyl (C=O) groups excluding carboxylic acids is 2. The minimum atomic E-state index is -0.566. The van der Waals surface area contributed by atoms with Gasteiger partial charge in [0.05, 0.1) is 19.8 Å². The van der Waals surface area contributed by atoms with Crippen molar-refractivity contribution in [3.8, 4) is 0 Å². The Morgan fingerprint density at radius 3 is 2.55 bits per heavy atom. The van der Waals surface area contributed by atoms with Crippen molar-refractivity contribution in [2.24, 2.45) is 10.7 Å². The second-order valence-electron chi connectivity index (χ2n) is 7.28. The smallest absolute Gasteiger partial charge is 0.251 e. The van der Waals surface area contributed by atoms with Crippen LogP contribution in [-0.2, 0) is 16.1 Å². The molecule has 3 rings (SSSR count). The van der Waals surface area contributed by atoms with Crippen LogP contribution in [0, 0.1) is 0 Å². The predicted octanol–water partition coefficient (Wildman–Crippen LogP) is -0.616. The molecule has 2 saturated heterocycles. The minimum Gasteiger partial charge on any atom is -0.379 e. The molecule has 4 N–H and O–H groups in total. The van der Waals surface area contributed by atoms with Gasteiger partial charge in [-0.3, -0.25) is 19.5 Å². The standard InChI is InChI=1S/C20H30N6O3/c1-22-20(26-7-6-17(14-26)25-8-10-29-11-9-25)24-12-15-2-4-16(5-3-15)19(28)23-13-18(21)27/h2-5,17H,6-14H2,1H3,(H2,21,27)(H,22,24)(H,23,28). The maximum atomic E-state index is 11.9. The van der Waals surface area contributed by atoms with Gasteiger partial charge in [0.1, 0.15) is 0 Å². The van der Waals surface area contributed by atoms with E-state index in [1.807, 2.05) is 12.1 Å². The molecule has 2 aliphatic rings. The molecule has 1 unspecified atom stereocenters. The third kappa shape index (κ3) is 5.91. The first-order valence-electron chi connectivity index (χ1n) is 9.99. The molecule has 2 amide bonds. The van der Waals surface area contributed by atoms with Crippen LogP contribution in [0.5, 0.6) is 0 Å². The fourth-order valence-electron chi connectivity index (χ4n) is 3.73. The molecule has 9 heteroatoms. The number of ether oxygens (including phenoxy) is 1. The average molecular weight is 402 g/mol. The van der Waals surface area contributed by atoms with Crippen molar-refractivity contribution in [1.29, 1.82) is 0 Å². The molecule has 2 aliphatic heterocycles. The Hall–Kier alpha value is -2.65. The zero-order valence-corrected chi connectivity index (χ0v) is 16.9. The van der Waals surface area contributed by atoms with Gasteiger partial charge in [-0.05, 0) is 24.1 Å². The number of guanidine groups is 1. The van der Waals surface area contributed by atoms with Gasteiger partial charge >= 0.3 is 0 Å². The summed E-state index contributed by atoms with van der Waals surface area (Å²) in [4.78, 5) is 31.9. The van der Waals surface area contributed by atoms with Crippen LogP contribution < -0.4 is 16.4 Å². The number of carbonyl (C=O) groups is 2. The second kappa shape index (κ2) is 10.2. The first kappa shape index (κ1) is 21.1. The lowest BCUT2D eigenvalue weighted by atomic mass is 10.1. The van der Waals surface area contributed by atoms with E-state index >= 15 is 0 Å². The Bertz CT molecular complexity index is 730. The van der Waals surface area contributed by atoms with Crippen LogP contribution in [0.3, 0.4) is 0 Å². The Labute approximate surface area is 171 Å². The summed E-state index contributed by atoms with van der Waals surface area (Å²) in [7, 11) is 1.80. The summed E-state index contributed by atoms with van der Waals surface area (Å²) in [6.45, 7) is 6.06. The first-order chi connectivity index (χ1) is 14.1. The third-order valence-corrected chi connectivity index (χ3v) is 5.33. The second-order valence-corrected chi connectivity index (χ2v) is 7.28. The minimum absolute atomic E-state index is 0.167. The highest BCUT2D eigenvalue weighted by atomic mass is 16.5. The number of nitrogens with zero attached hydrogens (tertiary/aromatic N) is 3. The van der Waals surface area contributed by atoms with Crippen molar-refractivity contribution in [2.75, 3.05) is 53.0 Å². The van der Waals surface area contributed by atoms with Gasteiger partial charge in [-0.1, -0.05) is 12.1 Å². The zero-order chi connectivity index (χ0) is 20.6. The lowest BCUT2D eigenvalue weighted by Gasteiger charge is -2.32. The molecule has 0 bridgehead atoms. The highest BCUT2D eigenvalue weighted by Gasteiger charge is 2.30. The van der Waals surface area contributed by atoms with Crippen molar-refractivity contribution in [3.63, 3.8) is 0 Å². The van der Waals surface area contributed by atoms with E-state index in [2.05, 4.69) is 25.4 Å². The molecule has 0 saturated carbocycles. The van der Waals surface area contributed by atoms with Gasteiger partial charge in [-0.2, -0.15) is 0 Å². The number of hydrogen-bond acceptors (Lipinski definition) is 5. The van der Waals surface area contributed by atoms with Crippen molar-refractivity contribution in [1.82, 2.24) is 20.4 Å². The summed E-state index contributed by atoms with van der Waals surface area (Å²) < 4.78 is 5.45. The Balaban J connectivity index is 1.48. The van der Waals surface area contributed by atoms with Crippen molar-refractivity contribution in [3.05, 3.63) is 35.4 Å². The number of morpholine rings is 1. The fraction of sp³-hybridized carbons (Fsp3) is 0.550. The van der Waals surface area contributed by atoms with E-state index in [4.69, 9.17) is 10.5 Å². The van der Waals surface area contributed by atoms with Gasteiger partial charge in [0.15, 0.2) is 5.96 Å². The predicted molar refractivity (Wildman–Crippen MR) is 111 cm³/mol. The number of benzene rings is 1. The summed E-state index contributed by atoms with van der Waals surface area (Å²) in [5, 5.41) is 5.89. The Morgan fingerprint density at radius 1 is 1.17 bits per heavy atom. The number of amides is 2. The topological polar surface area (TPSA) is 112 Å². The van der Waals surface area contributed by atoms with E-state index in [0.717, 1.165) is 57.3 Å². The van der Waals surface area contributed by atoms with Gasteiger partial charge in [0.25, 0.3) is 5.91 Å². The molecule has 9 nitrogen and oxygen atoms in total. The van der Waals surface area contributed by atoms with Gasteiger partial charge in [0, 0.05) is 51.4 Å². The van der Waals surface area contributed by atoms with Crippen molar-refractivity contribution >= 4 is 17.8 Å². The number of hydrogen-bond donors (Lipinski definition) is 3. The van der Waals surface area contributed by atoms with Gasteiger partial charge in [0.2, 0.25) is 5.91 Å². The first-order valence-corrected chi connectivity index (χ1v) is 9.99. The van der Waals surface area contributed by atoms with E-state index in [0.29, 0.717) is 18.2 Å². The summed E-state index contributed by atoms with van der Waals surface area (Å²) in [5.74, 6) is 0.0118. The highest BCUT2D eigenvalue weighted by molar-refractivity contribution is 5.96. The molecule has 0 spiro atoms. The molecule has 0 radical (unpaired) electrons. The van der Waals surface area contributed by atoms with E-state index in [1.165, 1.54) is 0 Å². The molecule has 29 heavy (non-hydrogen) atoms. The summed E-state index contributed by atoms with van der Waals surface area (Å²) in [6.07, 6.45) is 1.13. The molecule has 158 valence electrons. The maximum Gasteiger partial charge on any atom is 0.251 e. The summed E-state index contributed by atoms with van der Waals surface area (Å²) in [5.41, 5.74) is 6.58. The Morgan fingerprint density at radius 2 is 1.90 bits per heavy atom. The van der Waals surface area contributed by atoms with E-state index in [-0.39, 0.29) is 12.5 Å². The van der Waals surface area contributed by atoms with Crippen LogP contribution in [0.25, 0.3) is 0 Å². The van der Waals surface area contributed by atoms with Crippen molar-refractivity contribution < 1.29 is 14.3 Å². The van der Waals surface area contributed by atoms with E-state index in [1.54, 1.807) is 19.2 Å². The molecular formula is C20H30N6O3. The molecule has 1 aromatic rings. The van der Waals surface area contributed by atoms with E-state index in [9.17, 15) is 9.59 Å². The number of nitrogens with one attached hydrogen (secondary N) is 2. The lowest BCUT2D eigenvalue weighted by molar-refractivity contribution is -0.117. The molecule has 1 aromatic carbocycles. The van der Waals surface area contributed by atoms with Gasteiger partial charge in [-0.25, -0.2) is 0 Å². The SMILES string of the molecule is CN=C(NCc1ccc(C(=O)NCC(N)=O)cc1)N1CCC(N2CCOCC2)C1. The monoisotopic (exact) mass is 402 g/mol. The molecule has 0 aromatic heterocycles. The number of nitrogens with two attached hydrogens (primary N) is 1. The van der Waals surface area contributed by atoms with Crippen LogP contribution in [0.15, 0.2) is 29.3 Å². The normalized spacial score (nSPS) is 20.5. The third-order valence-electron chi connectivity index (χ3n) is 5.33. The average Bonchev–Trinajstić information content (AvgIpc) is 3.23. The summed E-state index contributed by atoms with van der Waals surface area (Å²) >= 11 is 0. The zero-order valence-electron chi connectivity index (χ0n) is 16.9. The van der Waals surface area contributed by atoms with Crippen LogP contribution >= 0.6 is 0 Å². The number of primary amides is 1. The van der Waals surface area contributed by atoms with Crippen molar-refractivity contribution in [2.45, 2.75) is 19.0 Å². The van der Waals surface area contributed by atoms with E-state index < -0.39 is 5.91 Å².